The van der Waals surface area contributed by atoms with E-state index in [9.17, 15) is 4.79 Å². The van der Waals surface area contributed by atoms with Crippen LogP contribution in [0.5, 0.6) is 0 Å². The molecule has 0 fully saturated rings. The van der Waals surface area contributed by atoms with Gasteiger partial charge in [-0.05, 0) is 37.8 Å². The summed E-state index contributed by atoms with van der Waals surface area (Å²) in [5, 5.41) is 11.2. The Labute approximate surface area is 113 Å². The lowest BCUT2D eigenvalue weighted by Gasteiger charge is -2.09. The minimum Gasteiger partial charge on any atom is -0.368 e. The van der Waals surface area contributed by atoms with Gasteiger partial charge < -0.3 is 10.2 Å². The van der Waals surface area contributed by atoms with Crippen LogP contribution in [-0.4, -0.2) is 41.6 Å². The number of carbonyl (C=O) groups is 1. The van der Waals surface area contributed by atoms with Crippen LogP contribution in [0, 0.1) is 0 Å². The molecule has 19 heavy (non-hydrogen) atoms. The second-order valence-corrected chi connectivity index (χ2v) is 4.93. The van der Waals surface area contributed by atoms with E-state index in [-0.39, 0.29) is 5.91 Å². The van der Waals surface area contributed by atoms with Crippen molar-refractivity contribution in [2.24, 2.45) is 0 Å². The van der Waals surface area contributed by atoms with Gasteiger partial charge in [0.05, 0.1) is 0 Å². The first-order valence-electron chi connectivity index (χ1n) is 6.64. The first-order valence-corrected chi connectivity index (χ1v) is 6.64. The molecule has 0 bridgehead atoms. The van der Waals surface area contributed by atoms with Crippen molar-refractivity contribution in [3.63, 3.8) is 0 Å². The Kier molecular flexibility index (Phi) is 4.49. The number of rotatable bonds is 5. The highest BCUT2D eigenvalue weighted by atomic mass is 16.2. The second kappa shape index (κ2) is 6.31. The van der Waals surface area contributed by atoms with E-state index in [1.807, 2.05) is 0 Å². The molecule has 0 radical (unpaired) electrons. The van der Waals surface area contributed by atoms with Crippen molar-refractivity contribution in [2.75, 3.05) is 26.0 Å². The molecule has 0 spiro atoms. The third kappa shape index (κ3) is 3.77. The summed E-state index contributed by atoms with van der Waals surface area (Å²) in [6.07, 6.45) is 7.11. The molecule has 0 aromatic carbocycles. The summed E-state index contributed by atoms with van der Waals surface area (Å²) in [7, 11) is 3.40. The van der Waals surface area contributed by atoms with Gasteiger partial charge in [0.15, 0.2) is 5.69 Å². The molecule has 5 nitrogen and oxygen atoms in total. The van der Waals surface area contributed by atoms with E-state index in [0.29, 0.717) is 11.5 Å². The van der Waals surface area contributed by atoms with E-state index in [1.54, 1.807) is 26.2 Å². The Hall–Kier alpha value is -1.91. The molecule has 1 aliphatic rings. The van der Waals surface area contributed by atoms with Crippen molar-refractivity contribution >= 4 is 11.7 Å². The smallest absolute Gasteiger partial charge is 0.273 e. The maximum Gasteiger partial charge on any atom is 0.273 e. The standard InChI is InChI=1S/C14H20N4O/c1-18(2)14(19)12-7-8-13(17-16-12)15-10-9-11-5-3-4-6-11/h5,7-8H,3-4,6,9-10H2,1-2H3,(H,15,17). The van der Waals surface area contributed by atoms with Crippen molar-refractivity contribution in [3.8, 4) is 0 Å². The van der Waals surface area contributed by atoms with Crippen LogP contribution in [0.2, 0.25) is 0 Å². The Morgan fingerprint density at radius 2 is 2.21 bits per heavy atom. The van der Waals surface area contributed by atoms with E-state index in [1.165, 1.54) is 29.7 Å². The normalized spacial score (nSPS) is 14.1. The van der Waals surface area contributed by atoms with Crippen LogP contribution in [0.25, 0.3) is 0 Å². The molecule has 0 unspecified atom stereocenters. The van der Waals surface area contributed by atoms with Gasteiger partial charge in [-0.3, -0.25) is 4.79 Å². The van der Waals surface area contributed by atoms with Crippen molar-refractivity contribution in [1.29, 1.82) is 0 Å². The van der Waals surface area contributed by atoms with Gasteiger partial charge in [-0.1, -0.05) is 11.6 Å². The summed E-state index contributed by atoms with van der Waals surface area (Å²) < 4.78 is 0. The largest absolute Gasteiger partial charge is 0.368 e. The van der Waals surface area contributed by atoms with Gasteiger partial charge in [0.1, 0.15) is 5.82 Å². The lowest BCUT2D eigenvalue weighted by molar-refractivity contribution is 0.0821. The number of carbonyl (C=O) groups excluding carboxylic acids is 1. The predicted octanol–water partition coefficient (Wildman–Crippen LogP) is 2.09. The number of hydrogen-bond acceptors (Lipinski definition) is 4. The lowest BCUT2D eigenvalue weighted by atomic mass is 10.2. The number of hydrogen-bond donors (Lipinski definition) is 1. The molecule has 1 amide bonds. The van der Waals surface area contributed by atoms with Crippen LogP contribution in [0.1, 0.15) is 36.2 Å². The Morgan fingerprint density at radius 3 is 2.79 bits per heavy atom. The summed E-state index contributed by atoms with van der Waals surface area (Å²) in [4.78, 5) is 13.1. The zero-order chi connectivity index (χ0) is 13.7. The first-order chi connectivity index (χ1) is 9.16. The highest BCUT2D eigenvalue weighted by molar-refractivity contribution is 5.91. The summed E-state index contributed by atoms with van der Waals surface area (Å²) in [6, 6.07) is 3.50. The quantitative estimate of drug-likeness (QED) is 0.824. The number of allylic oxidation sites excluding steroid dienone is 1. The Morgan fingerprint density at radius 1 is 1.37 bits per heavy atom. The topological polar surface area (TPSA) is 58.1 Å². The molecule has 5 heteroatoms. The van der Waals surface area contributed by atoms with Gasteiger partial charge in [-0.25, -0.2) is 0 Å². The molecule has 1 N–H and O–H groups in total. The number of amides is 1. The summed E-state index contributed by atoms with van der Waals surface area (Å²) in [5.74, 6) is 0.587. The maximum absolute atomic E-state index is 11.6. The molecule has 1 aromatic rings. The third-order valence-electron chi connectivity index (χ3n) is 3.18. The van der Waals surface area contributed by atoms with Crippen LogP contribution in [0.15, 0.2) is 23.8 Å². The molecular formula is C14H20N4O. The third-order valence-corrected chi connectivity index (χ3v) is 3.18. The SMILES string of the molecule is CN(C)C(=O)c1ccc(NCCC2=CCCC2)nn1. The van der Waals surface area contributed by atoms with E-state index in [0.717, 1.165) is 13.0 Å². The van der Waals surface area contributed by atoms with Crippen LogP contribution in [0.4, 0.5) is 5.82 Å². The summed E-state index contributed by atoms with van der Waals surface area (Å²) >= 11 is 0. The molecule has 0 atom stereocenters. The van der Waals surface area contributed by atoms with Gasteiger partial charge in [0.25, 0.3) is 5.91 Å². The fourth-order valence-electron chi connectivity index (χ4n) is 2.09. The number of anilines is 1. The average molecular weight is 260 g/mol. The average Bonchev–Trinajstić information content (AvgIpc) is 2.92. The predicted molar refractivity (Wildman–Crippen MR) is 75.1 cm³/mol. The molecular weight excluding hydrogens is 240 g/mol. The molecule has 1 aromatic heterocycles. The van der Waals surface area contributed by atoms with E-state index < -0.39 is 0 Å². The van der Waals surface area contributed by atoms with E-state index in [4.69, 9.17) is 0 Å². The van der Waals surface area contributed by atoms with E-state index in [2.05, 4.69) is 21.6 Å². The molecule has 102 valence electrons. The van der Waals surface area contributed by atoms with Gasteiger partial charge in [-0.15, -0.1) is 10.2 Å². The van der Waals surface area contributed by atoms with Gasteiger partial charge in [0.2, 0.25) is 0 Å². The molecule has 2 rings (SSSR count). The maximum atomic E-state index is 11.6. The molecule has 0 saturated heterocycles. The zero-order valence-electron chi connectivity index (χ0n) is 11.5. The van der Waals surface area contributed by atoms with Crippen molar-refractivity contribution < 1.29 is 4.79 Å². The van der Waals surface area contributed by atoms with Crippen LogP contribution >= 0.6 is 0 Å². The Bertz CT molecular complexity index is 465. The molecule has 0 saturated carbocycles. The van der Waals surface area contributed by atoms with E-state index >= 15 is 0 Å². The highest BCUT2D eigenvalue weighted by Gasteiger charge is 2.10. The zero-order valence-corrected chi connectivity index (χ0v) is 11.5. The summed E-state index contributed by atoms with van der Waals surface area (Å²) in [6.45, 7) is 0.863. The summed E-state index contributed by atoms with van der Waals surface area (Å²) in [5.41, 5.74) is 1.90. The van der Waals surface area contributed by atoms with Crippen molar-refractivity contribution in [2.45, 2.75) is 25.7 Å². The van der Waals surface area contributed by atoms with Crippen LogP contribution in [-0.2, 0) is 0 Å². The lowest BCUT2D eigenvalue weighted by Crippen LogP contribution is -2.23. The Balaban J connectivity index is 1.83. The highest BCUT2D eigenvalue weighted by Crippen LogP contribution is 2.20. The van der Waals surface area contributed by atoms with Crippen LogP contribution < -0.4 is 5.32 Å². The molecule has 1 heterocycles. The first kappa shape index (κ1) is 13.5. The van der Waals surface area contributed by atoms with Gasteiger partial charge in [0, 0.05) is 20.6 Å². The van der Waals surface area contributed by atoms with Crippen molar-refractivity contribution in [3.05, 3.63) is 29.5 Å². The van der Waals surface area contributed by atoms with Gasteiger partial charge >= 0.3 is 0 Å². The minimum atomic E-state index is -0.129. The monoisotopic (exact) mass is 260 g/mol. The number of nitrogens with zero attached hydrogens (tertiary/aromatic N) is 3. The fourth-order valence-corrected chi connectivity index (χ4v) is 2.09. The molecule has 0 aliphatic heterocycles. The molecule has 1 aliphatic carbocycles. The number of aromatic nitrogens is 2. The fraction of sp³-hybridized carbons (Fsp3) is 0.500. The second-order valence-electron chi connectivity index (χ2n) is 4.93. The minimum absolute atomic E-state index is 0.129. The number of nitrogens with one attached hydrogen (secondary N) is 1. The van der Waals surface area contributed by atoms with Crippen molar-refractivity contribution in [1.82, 2.24) is 15.1 Å². The van der Waals surface area contributed by atoms with Crippen LogP contribution in [0.3, 0.4) is 0 Å². The van der Waals surface area contributed by atoms with Gasteiger partial charge in [-0.2, -0.15) is 0 Å².